The number of nitrogens with one attached hydrogen (secondary N) is 1. The molecule has 1 rings (SSSR count). The Kier molecular flexibility index (Phi) is 6.26. The molecule has 0 aliphatic carbocycles. The molecule has 0 radical (unpaired) electrons. The van der Waals surface area contributed by atoms with Crippen molar-refractivity contribution in [3.63, 3.8) is 0 Å². The average Bonchev–Trinajstić information content (AvgIpc) is 2.29. The number of thioether (sulfide) groups is 1. The molecule has 1 fully saturated rings. The van der Waals surface area contributed by atoms with Crippen LogP contribution in [-0.4, -0.2) is 55.2 Å². The summed E-state index contributed by atoms with van der Waals surface area (Å²) in [4.78, 5) is 0. The lowest BCUT2D eigenvalue weighted by atomic mass is 10.4. The fourth-order valence-electron chi connectivity index (χ4n) is 1.91. The van der Waals surface area contributed by atoms with Crippen LogP contribution in [0.3, 0.4) is 0 Å². The monoisotopic (exact) mass is 280 g/mol. The molecular weight excluding hydrogens is 256 g/mol. The third kappa shape index (κ3) is 4.12. The number of hydrogen-bond donors (Lipinski definition) is 1. The van der Waals surface area contributed by atoms with Crippen molar-refractivity contribution < 1.29 is 8.42 Å². The lowest BCUT2D eigenvalue weighted by Gasteiger charge is -2.34. The van der Waals surface area contributed by atoms with Gasteiger partial charge in [-0.05, 0) is 26.8 Å². The SMILES string of the molecule is CCCNCC(C)S(=O)(=O)N1CCSCC1C. The molecule has 0 amide bonds. The molecule has 2 atom stereocenters. The summed E-state index contributed by atoms with van der Waals surface area (Å²) in [5.41, 5.74) is 0. The van der Waals surface area contributed by atoms with E-state index in [-0.39, 0.29) is 11.3 Å². The summed E-state index contributed by atoms with van der Waals surface area (Å²) in [6, 6.07) is 0.132. The molecule has 1 aliphatic rings. The van der Waals surface area contributed by atoms with E-state index in [0.717, 1.165) is 24.5 Å². The van der Waals surface area contributed by atoms with Gasteiger partial charge in [-0.25, -0.2) is 8.42 Å². The summed E-state index contributed by atoms with van der Waals surface area (Å²) in [6.07, 6.45) is 1.03. The molecule has 1 saturated heterocycles. The predicted molar refractivity (Wildman–Crippen MR) is 75.0 cm³/mol. The van der Waals surface area contributed by atoms with Crippen LogP contribution in [0, 0.1) is 0 Å². The van der Waals surface area contributed by atoms with Gasteiger partial charge in [-0.15, -0.1) is 0 Å². The smallest absolute Gasteiger partial charge is 0.218 e. The maximum absolute atomic E-state index is 12.4. The minimum Gasteiger partial charge on any atom is -0.315 e. The van der Waals surface area contributed by atoms with Gasteiger partial charge in [0.15, 0.2) is 0 Å². The maximum Gasteiger partial charge on any atom is 0.218 e. The number of nitrogens with zero attached hydrogens (tertiary/aromatic N) is 1. The quantitative estimate of drug-likeness (QED) is 0.741. The summed E-state index contributed by atoms with van der Waals surface area (Å²) >= 11 is 1.83. The Bertz CT molecular complexity index is 319. The molecule has 0 aromatic rings. The van der Waals surface area contributed by atoms with Crippen molar-refractivity contribution in [2.75, 3.05) is 31.1 Å². The van der Waals surface area contributed by atoms with E-state index in [0.29, 0.717) is 13.1 Å². The van der Waals surface area contributed by atoms with Gasteiger partial charge in [-0.3, -0.25) is 0 Å². The van der Waals surface area contributed by atoms with Gasteiger partial charge in [-0.1, -0.05) is 6.92 Å². The van der Waals surface area contributed by atoms with Crippen LogP contribution >= 0.6 is 11.8 Å². The van der Waals surface area contributed by atoms with Crippen molar-refractivity contribution in [1.29, 1.82) is 0 Å². The summed E-state index contributed by atoms with van der Waals surface area (Å²) in [6.45, 7) is 7.96. The highest BCUT2D eigenvalue weighted by Gasteiger charge is 2.33. The number of rotatable bonds is 6. The number of sulfonamides is 1. The maximum atomic E-state index is 12.4. The molecule has 4 nitrogen and oxygen atoms in total. The lowest BCUT2D eigenvalue weighted by molar-refractivity contribution is 0.361. The van der Waals surface area contributed by atoms with Crippen LogP contribution in [0.5, 0.6) is 0 Å². The highest BCUT2D eigenvalue weighted by molar-refractivity contribution is 7.99. The first-order valence-corrected chi connectivity index (χ1v) is 8.95. The highest BCUT2D eigenvalue weighted by atomic mass is 32.2. The molecule has 1 N–H and O–H groups in total. The molecule has 1 heterocycles. The van der Waals surface area contributed by atoms with Crippen molar-refractivity contribution in [2.24, 2.45) is 0 Å². The Morgan fingerprint density at radius 1 is 1.53 bits per heavy atom. The van der Waals surface area contributed by atoms with E-state index in [4.69, 9.17) is 0 Å². The fraction of sp³-hybridized carbons (Fsp3) is 1.00. The first-order valence-electron chi connectivity index (χ1n) is 6.29. The largest absolute Gasteiger partial charge is 0.315 e. The van der Waals surface area contributed by atoms with Gasteiger partial charge in [0.1, 0.15) is 0 Å². The van der Waals surface area contributed by atoms with Gasteiger partial charge in [0.25, 0.3) is 0 Å². The zero-order valence-electron chi connectivity index (χ0n) is 11.0. The van der Waals surface area contributed by atoms with Crippen molar-refractivity contribution in [3.8, 4) is 0 Å². The van der Waals surface area contributed by atoms with Crippen LogP contribution in [-0.2, 0) is 10.0 Å². The number of hydrogen-bond acceptors (Lipinski definition) is 4. The second-order valence-corrected chi connectivity index (χ2v) is 8.05. The van der Waals surface area contributed by atoms with E-state index in [9.17, 15) is 8.42 Å². The van der Waals surface area contributed by atoms with E-state index in [2.05, 4.69) is 12.2 Å². The average molecular weight is 280 g/mol. The minimum atomic E-state index is -3.13. The second-order valence-electron chi connectivity index (χ2n) is 4.59. The van der Waals surface area contributed by atoms with E-state index in [1.165, 1.54) is 0 Å². The van der Waals surface area contributed by atoms with Gasteiger partial charge in [0.2, 0.25) is 10.0 Å². The molecule has 2 unspecified atom stereocenters. The second kappa shape index (κ2) is 6.97. The van der Waals surface area contributed by atoms with Crippen LogP contribution in [0.4, 0.5) is 0 Å². The standard InChI is InChI=1S/C11H24N2O2S2/c1-4-5-12-8-11(3)17(14,15)13-6-7-16-9-10(13)2/h10-12H,4-9H2,1-3H3. The first kappa shape index (κ1) is 15.3. The van der Waals surface area contributed by atoms with E-state index in [1.807, 2.05) is 18.7 Å². The minimum absolute atomic E-state index is 0.132. The topological polar surface area (TPSA) is 49.4 Å². The third-order valence-electron chi connectivity index (χ3n) is 3.00. The lowest BCUT2D eigenvalue weighted by Crippen LogP contribution is -2.49. The van der Waals surface area contributed by atoms with Crippen LogP contribution in [0.15, 0.2) is 0 Å². The normalized spacial score (nSPS) is 24.8. The van der Waals surface area contributed by atoms with Crippen molar-refractivity contribution in [1.82, 2.24) is 9.62 Å². The zero-order valence-corrected chi connectivity index (χ0v) is 12.6. The molecular formula is C11H24N2O2S2. The highest BCUT2D eigenvalue weighted by Crippen LogP contribution is 2.21. The fourth-order valence-corrected chi connectivity index (χ4v) is 4.84. The Hall–Kier alpha value is 0.220. The van der Waals surface area contributed by atoms with E-state index in [1.54, 1.807) is 11.2 Å². The van der Waals surface area contributed by atoms with Crippen LogP contribution in [0.1, 0.15) is 27.2 Å². The van der Waals surface area contributed by atoms with Crippen molar-refractivity contribution in [3.05, 3.63) is 0 Å². The summed E-state index contributed by atoms with van der Waals surface area (Å²) in [5, 5.41) is 2.85. The van der Waals surface area contributed by atoms with Gasteiger partial charge in [0.05, 0.1) is 5.25 Å². The molecule has 0 saturated carbocycles. The van der Waals surface area contributed by atoms with Crippen LogP contribution < -0.4 is 5.32 Å². The molecule has 6 heteroatoms. The van der Waals surface area contributed by atoms with E-state index < -0.39 is 10.0 Å². The molecule has 17 heavy (non-hydrogen) atoms. The molecule has 0 bridgehead atoms. The Morgan fingerprint density at radius 3 is 2.82 bits per heavy atom. The Balaban J connectivity index is 2.59. The Morgan fingerprint density at radius 2 is 2.24 bits per heavy atom. The van der Waals surface area contributed by atoms with Gasteiger partial charge in [0, 0.05) is 30.6 Å². The summed E-state index contributed by atoms with van der Waals surface area (Å²) in [7, 11) is -3.13. The molecule has 1 aliphatic heterocycles. The van der Waals surface area contributed by atoms with Crippen LogP contribution in [0.2, 0.25) is 0 Å². The Labute approximate surface area is 110 Å². The molecule has 0 aromatic carbocycles. The summed E-state index contributed by atoms with van der Waals surface area (Å²) < 4.78 is 26.4. The molecule has 102 valence electrons. The van der Waals surface area contributed by atoms with Crippen molar-refractivity contribution in [2.45, 2.75) is 38.5 Å². The summed E-state index contributed by atoms with van der Waals surface area (Å²) in [5.74, 6) is 1.83. The predicted octanol–water partition coefficient (Wildman–Crippen LogP) is 1.14. The van der Waals surface area contributed by atoms with Gasteiger partial charge < -0.3 is 5.32 Å². The van der Waals surface area contributed by atoms with Gasteiger partial charge >= 0.3 is 0 Å². The van der Waals surface area contributed by atoms with E-state index >= 15 is 0 Å². The third-order valence-corrected chi connectivity index (χ3v) is 6.57. The molecule has 0 aromatic heterocycles. The zero-order chi connectivity index (χ0) is 12.9. The van der Waals surface area contributed by atoms with Gasteiger partial charge in [-0.2, -0.15) is 16.1 Å². The molecule has 0 spiro atoms. The first-order chi connectivity index (χ1) is 8.00. The van der Waals surface area contributed by atoms with Crippen LogP contribution in [0.25, 0.3) is 0 Å². The van der Waals surface area contributed by atoms with Crippen molar-refractivity contribution >= 4 is 21.8 Å².